The molecule has 5 heterocycles. The standard InChI is InChI=1S/C47H39N5O2/c1-22-23-18-47(7,19-23)30-16-33-26(14-25(22)30)37-40(53)28-12-24(44(2,3)4)13-29-39(28)52-42(37)50(33)35(20-48)36(21-49)51-34-17-32-31(15-27(34)38(41(29)54)43(51)52)45(5)8-10-46(32,6)11-9-45/h12-17H,8-11,18-19H2,1-7H3. The largest absolute Gasteiger partial charge is 0.288 e. The maximum atomic E-state index is 15.4. The Morgan fingerprint density at radius 2 is 1.11 bits per heavy atom. The second-order valence-electron chi connectivity index (χ2n) is 19.2. The van der Waals surface area contributed by atoms with Crippen LogP contribution in [0, 0.1) is 22.7 Å². The number of nitriles is 2. The third-order valence-corrected chi connectivity index (χ3v) is 15.2. The average molecular weight is 706 g/mol. The molecule has 6 aliphatic carbocycles. The van der Waals surface area contributed by atoms with E-state index in [9.17, 15) is 10.5 Å². The van der Waals surface area contributed by atoms with Gasteiger partial charge in [-0.15, -0.1) is 0 Å². The van der Waals surface area contributed by atoms with E-state index in [0.29, 0.717) is 38.4 Å². The van der Waals surface area contributed by atoms with Crippen LogP contribution in [-0.2, 0) is 21.7 Å². The lowest BCUT2D eigenvalue weighted by Gasteiger charge is -2.52. The molecule has 264 valence electrons. The van der Waals surface area contributed by atoms with Crippen LogP contribution in [0.3, 0.4) is 0 Å². The predicted octanol–water partition coefficient (Wildman–Crippen LogP) is 9.64. The van der Waals surface area contributed by atoms with Gasteiger partial charge in [0.05, 0.1) is 27.3 Å². The van der Waals surface area contributed by atoms with Crippen molar-refractivity contribution in [1.29, 1.82) is 10.5 Å². The van der Waals surface area contributed by atoms with Crippen molar-refractivity contribution in [2.24, 2.45) is 0 Å². The van der Waals surface area contributed by atoms with Gasteiger partial charge in [-0.3, -0.25) is 22.8 Å². The Bertz CT molecular complexity index is 3420. The van der Waals surface area contributed by atoms with E-state index in [2.05, 4.69) is 89.3 Å². The number of hydrogen-bond donors (Lipinski definition) is 0. The molecule has 0 unspecified atom stereocenters. The van der Waals surface area contributed by atoms with Crippen molar-refractivity contribution in [2.45, 2.75) is 109 Å². The third-order valence-electron chi connectivity index (χ3n) is 15.2. The molecule has 0 saturated heterocycles. The van der Waals surface area contributed by atoms with Crippen LogP contribution in [-0.4, -0.2) is 13.2 Å². The number of allylic oxidation sites excluding steroid dienone is 2. The van der Waals surface area contributed by atoms with Gasteiger partial charge in [-0.1, -0.05) is 47.1 Å². The number of nitrogens with zero attached hydrogens (tertiary/aromatic N) is 5. The summed E-state index contributed by atoms with van der Waals surface area (Å²) in [4.78, 5) is 30.6. The molecule has 0 spiro atoms. The monoisotopic (exact) mass is 705 g/mol. The molecular weight excluding hydrogens is 667 g/mol. The van der Waals surface area contributed by atoms with Gasteiger partial charge in [0.2, 0.25) is 0 Å². The summed E-state index contributed by atoms with van der Waals surface area (Å²) in [5, 5.41) is 26.1. The topological polar surface area (TPSA) is 94.9 Å². The van der Waals surface area contributed by atoms with E-state index in [1.54, 1.807) is 0 Å². The second-order valence-corrected chi connectivity index (χ2v) is 19.2. The molecule has 4 bridgehead atoms. The molecule has 7 nitrogen and oxygen atoms in total. The Hall–Kier alpha value is -5.66. The number of pyridine rings is 2. The van der Waals surface area contributed by atoms with E-state index in [-0.39, 0.29) is 43.9 Å². The molecule has 0 atom stereocenters. The van der Waals surface area contributed by atoms with Crippen molar-refractivity contribution in [1.82, 2.24) is 13.2 Å². The van der Waals surface area contributed by atoms with Crippen LogP contribution < -0.4 is 10.9 Å². The minimum atomic E-state index is -0.335. The third kappa shape index (κ3) is 3.13. The molecule has 2 fully saturated rings. The van der Waals surface area contributed by atoms with Crippen molar-refractivity contribution < 1.29 is 0 Å². The number of fused-ring (bicyclic) bond motifs is 8. The number of aromatic nitrogens is 3. The maximum Gasteiger partial charge on any atom is 0.199 e. The molecule has 2 saturated carbocycles. The van der Waals surface area contributed by atoms with E-state index >= 15 is 9.59 Å². The van der Waals surface area contributed by atoms with Gasteiger partial charge in [-0.05, 0) is 131 Å². The summed E-state index contributed by atoms with van der Waals surface area (Å²) in [5.41, 5.74) is 11.4. The highest BCUT2D eigenvalue weighted by Crippen LogP contribution is 2.59. The summed E-state index contributed by atoms with van der Waals surface area (Å²) in [7, 11) is 0. The van der Waals surface area contributed by atoms with Crippen LogP contribution >= 0.6 is 0 Å². The lowest BCUT2D eigenvalue weighted by Crippen LogP contribution is -2.44. The first-order valence-electron chi connectivity index (χ1n) is 19.4. The first-order valence-corrected chi connectivity index (χ1v) is 19.4. The maximum absolute atomic E-state index is 15.4. The van der Waals surface area contributed by atoms with Crippen LogP contribution in [0.1, 0.15) is 126 Å². The Labute approximate surface area is 311 Å². The summed E-state index contributed by atoms with van der Waals surface area (Å²) in [6, 6.07) is 17.8. The quantitative estimate of drug-likeness (QED) is 0.157. The second kappa shape index (κ2) is 8.82. The summed E-state index contributed by atoms with van der Waals surface area (Å²) in [5.74, 6) is 0. The molecule has 0 N–H and O–H groups in total. The summed E-state index contributed by atoms with van der Waals surface area (Å²) in [6.45, 7) is 15.5. The summed E-state index contributed by atoms with van der Waals surface area (Å²) < 4.78 is 5.85. The highest BCUT2D eigenvalue weighted by atomic mass is 16.1. The molecule has 6 aliphatic rings. The van der Waals surface area contributed by atoms with Crippen LogP contribution in [0.2, 0.25) is 0 Å². The molecule has 0 amide bonds. The van der Waals surface area contributed by atoms with E-state index < -0.39 is 0 Å². The molecule has 0 aliphatic heterocycles. The van der Waals surface area contributed by atoms with Gasteiger partial charge in [0, 0.05) is 27.0 Å². The summed E-state index contributed by atoms with van der Waals surface area (Å²) in [6.07, 6.45) is 6.37. The molecule has 7 heteroatoms. The van der Waals surface area contributed by atoms with Gasteiger partial charge < -0.3 is 0 Å². The average Bonchev–Trinajstić information content (AvgIpc) is 3.59. The fourth-order valence-corrected chi connectivity index (χ4v) is 11.9. The minimum absolute atomic E-state index is 0.00212. The van der Waals surface area contributed by atoms with Gasteiger partial charge in [-0.25, -0.2) is 0 Å². The van der Waals surface area contributed by atoms with Crippen molar-refractivity contribution in [3.63, 3.8) is 0 Å². The van der Waals surface area contributed by atoms with E-state index in [4.69, 9.17) is 0 Å². The van der Waals surface area contributed by atoms with E-state index in [1.807, 2.05) is 20.9 Å². The van der Waals surface area contributed by atoms with Crippen molar-refractivity contribution in [3.05, 3.63) is 102 Å². The predicted molar refractivity (Wildman–Crippen MR) is 215 cm³/mol. The highest BCUT2D eigenvalue weighted by molar-refractivity contribution is 6.19. The molecule has 8 aromatic rings. The Balaban J connectivity index is 1.44. The van der Waals surface area contributed by atoms with Crippen molar-refractivity contribution >= 4 is 65.7 Å². The van der Waals surface area contributed by atoms with Gasteiger partial charge in [0.15, 0.2) is 22.2 Å². The smallest absolute Gasteiger partial charge is 0.199 e. The normalized spacial score (nSPS) is 23.0. The van der Waals surface area contributed by atoms with Crippen molar-refractivity contribution in [3.8, 4) is 12.1 Å². The zero-order chi connectivity index (χ0) is 37.3. The number of hydrogen-bond acceptors (Lipinski definition) is 4. The van der Waals surface area contributed by atoms with Gasteiger partial charge in [-0.2, -0.15) is 10.5 Å². The van der Waals surface area contributed by atoms with E-state index in [0.717, 1.165) is 71.5 Å². The lowest BCUT2D eigenvalue weighted by molar-refractivity contribution is 0.188. The Kier molecular flexibility index (Phi) is 5.03. The first-order chi connectivity index (χ1) is 25.6. The van der Waals surface area contributed by atoms with Crippen molar-refractivity contribution in [2.75, 3.05) is 0 Å². The fraction of sp³-hybridized carbons (Fsp3) is 0.362. The molecule has 54 heavy (non-hydrogen) atoms. The zero-order valence-corrected chi connectivity index (χ0v) is 31.8. The summed E-state index contributed by atoms with van der Waals surface area (Å²) >= 11 is 0. The Morgan fingerprint density at radius 1 is 0.630 bits per heavy atom. The molecule has 14 rings (SSSR count). The van der Waals surface area contributed by atoms with Gasteiger partial charge >= 0.3 is 0 Å². The van der Waals surface area contributed by atoms with Crippen LogP contribution in [0.25, 0.3) is 65.7 Å². The van der Waals surface area contributed by atoms with Gasteiger partial charge in [0.25, 0.3) is 0 Å². The first kappa shape index (κ1) is 30.8. The highest BCUT2D eigenvalue weighted by Gasteiger charge is 2.48. The Morgan fingerprint density at radius 3 is 1.61 bits per heavy atom. The zero-order valence-electron chi connectivity index (χ0n) is 31.8. The van der Waals surface area contributed by atoms with E-state index in [1.165, 1.54) is 27.8 Å². The van der Waals surface area contributed by atoms with Crippen LogP contribution in [0.5, 0.6) is 0 Å². The number of rotatable bonds is 0. The fourth-order valence-electron chi connectivity index (χ4n) is 11.9. The minimum Gasteiger partial charge on any atom is -0.288 e. The lowest BCUT2D eigenvalue weighted by atomic mass is 9.52. The molecule has 3 aromatic carbocycles. The molecular formula is C47H39N5O2. The molecule has 0 radical (unpaired) electrons. The van der Waals surface area contributed by atoms with Crippen LogP contribution in [0.15, 0.2) is 51.6 Å². The molecule has 5 aromatic heterocycles. The number of benzene rings is 3. The van der Waals surface area contributed by atoms with Gasteiger partial charge in [0.1, 0.15) is 23.4 Å². The SMILES string of the molecule is CC1=C2CC(C)(C2)c2cc3c(cc21)c1c(=O)c2cc(C(C)(C)C)cc4c(=O)c5c6cc7c(cc6n6c(C#N)c(C#N)n3c1n(c24)c56)C1(C)CCC7(C)CC1. The van der Waals surface area contributed by atoms with Crippen LogP contribution in [0.4, 0.5) is 0 Å².